The topological polar surface area (TPSA) is 9.86 Å². The highest BCUT2D eigenvalue weighted by Gasteiger charge is 2.25. The summed E-state index contributed by atoms with van der Waals surface area (Å²) in [5.74, 6) is 0. The van der Waals surface area contributed by atoms with E-state index in [1.165, 1.54) is 111 Å². The number of fused-ring (bicyclic) bond motifs is 10. The molecule has 0 unspecified atom stereocenters. The fourth-order valence-corrected chi connectivity index (χ4v) is 9.22. The highest BCUT2D eigenvalue weighted by atomic mass is 15.0. The third-order valence-corrected chi connectivity index (χ3v) is 11.7. The van der Waals surface area contributed by atoms with E-state index in [1.54, 1.807) is 0 Å². The molecule has 54 heavy (non-hydrogen) atoms. The minimum absolute atomic E-state index is 0.991. The molecule has 0 saturated heterocycles. The van der Waals surface area contributed by atoms with Gasteiger partial charge < -0.3 is 9.13 Å². The Hall–Kier alpha value is -6.64. The van der Waals surface area contributed by atoms with E-state index in [2.05, 4.69) is 193 Å². The van der Waals surface area contributed by atoms with E-state index in [9.17, 15) is 0 Å². The van der Waals surface area contributed by atoms with Gasteiger partial charge in [-0.05, 0) is 132 Å². The van der Waals surface area contributed by atoms with Crippen LogP contribution in [0.2, 0.25) is 0 Å². The lowest BCUT2D eigenvalue weighted by Gasteiger charge is -2.23. The second-order valence-corrected chi connectivity index (χ2v) is 15.1. The molecule has 0 saturated carbocycles. The molecule has 0 atom stereocenters. The molecule has 0 aliphatic heterocycles. The second kappa shape index (κ2) is 11.9. The van der Waals surface area contributed by atoms with E-state index >= 15 is 0 Å². The van der Waals surface area contributed by atoms with Crippen molar-refractivity contribution in [2.24, 2.45) is 0 Å². The van der Waals surface area contributed by atoms with Crippen LogP contribution < -0.4 is 0 Å². The zero-order chi connectivity index (χ0) is 35.9. The minimum Gasteiger partial charge on any atom is -0.309 e. The van der Waals surface area contributed by atoms with Crippen molar-refractivity contribution in [1.29, 1.82) is 0 Å². The van der Waals surface area contributed by atoms with Gasteiger partial charge in [-0.15, -0.1) is 0 Å². The van der Waals surface area contributed by atoms with Gasteiger partial charge in [0.1, 0.15) is 0 Å². The number of hydrogen-bond acceptors (Lipinski definition) is 0. The summed E-state index contributed by atoms with van der Waals surface area (Å²) in [4.78, 5) is 0. The molecule has 1 aliphatic rings. The maximum atomic E-state index is 2.51. The van der Waals surface area contributed by atoms with E-state index in [1.807, 2.05) is 0 Å². The molecule has 0 spiro atoms. The molecule has 10 aromatic rings. The lowest BCUT2D eigenvalue weighted by molar-refractivity contribution is 0.944. The summed E-state index contributed by atoms with van der Waals surface area (Å²) in [6.07, 6.45) is 1.99. The van der Waals surface area contributed by atoms with Crippen molar-refractivity contribution in [2.75, 3.05) is 0 Å². The van der Waals surface area contributed by atoms with Crippen LogP contribution in [0, 0.1) is 13.8 Å². The molecule has 2 heterocycles. The molecule has 8 aromatic carbocycles. The number of rotatable bonds is 4. The van der Waals surface area contributed by atoms with E-state index < -0.39 is 0 Å². The molecule has 2 nitrogen and oxygen atoms in total. The summed E-state index contributed by atoms with van der Waals surface area (Å²) < 4.78 is 4.98. The van der Waals surface area contributed by atoms with Crippen LogP contribution in [-0.4, -0.2) is 9.13 Å². The number of hydrogen-bond donors (Lipinski definition) is 0. The summed E-state index contributed by atoms with van der Waals surface area (Å²) in [6, 6.07) is 63.3. The first-order valence-electron chi connectivity index (χ1n) is 19.1. The zero-order valence-corrected chi connectivity index (χ0v) is 30.5. The zero-order valence-electron chi connectivity index (χ0n) is 30.5. The quantitative estimate of drug-likeness (QED) is 0.174. The first-order chi connectivity index (χ1) is 26.6. The second-order valence-electron chi connectivity index (χ2n) is 15.1. The molecule has 0 N–H and O–H groups in total. The van der Waals surface area contributed by atoms with Crippen molar-refractivity contribution in [3.05, 3.63) is 192 Å². The van der Waals surface area contributed by atoms with Crippen molar-refractivity contribution in [3.63, 3.8) is 0 Å². The summed E-state index contributed by atoms with van der Waals surface area (Å²) in [5.41, 5.74) is 20.5. The molecule has 1 aliphatic carbocycles. The minimum atomic E-state index is 0.991. The van der Waals surface area contributed by atoms with Crippen LogP contribution in [0.15, 0.2) is 170 Å². The van der Waals surface area contributed by atoms with E-state index in [4.69, 9.17) is 0 Å². The maximum Gasteiger partial charge on any atom is 0.0579 e. The number of para-hydroxylation sites is 2. The monoisotopic (exact) mass is 690 g/mol. The van der Waals surface area contributed by atoms with Gasteiger partial charge in [-0.2, -0.15) is 0 Å². The average molecular weight is 691 g/mol. The Morgan fingerprint density at radius 3 is 1.56 bits per heavy atom. The predicted octanol–water partition coefficient (Wildman–Crippen LogP) is 13.6. The maximum absolute atomic E-state index is 2.51. The molecule has 11 rings (SSSR count). The highest BCUT2D eigenvalue weighted by molar-refractivity contribution is 6.15. The molecule has 2 aromatic heterocycles. The van der Waals surface area contributed by atoms with Crippen molar-refractivity contribution in [3.8, 4) is 44.8 Å². The van der Waals surface area contributed by atoms with Gasteiger partial charge in [-0.25, -0.2) is 0 Å². The normalized spacial score (nSPS) is 12.5. The van der Waals surface area contributed by atoms with Crippen molar-refractivity contribution in [1.82, 2.24) is 9.13 Å². The Kier molecular flexibility index (Phi) is 6.84. The Labute approximate surface area is 315 Å². The molecule has 0 radical (unpaired) electrons. The average Bonchev–Trinajstić information content (AvgIpc) is 3.72. The van der Waals surface area contributed by atoms with Crippen LogP contribution in [0.4, 0.5) is 0 Å². The van der Waals surface area contributed by atoms with Crippen LogP contribution in [0.3, 0.4) is 0 Å². The number of benzene rings is 8. The van der Waals surface area contributed by atoms with Gasteiger partial charge >= 0.3 is 0 Å². The summed E-state index contributed by atoms with van der Waals surface area (Å²) in [6.45, 7) is 4.34. The molecule has 0 bridgehead atoms. The molecule has 0 fully saturated rings. The van der Waals surface area contributed by atoms with Crippen LogP contribution in [0.1, 0.15) is 22.3 Å². The third-order valence-electron chi connectivity index (χ3n) is 11.7. The Balaban J connectivity index is 1.17. The Bertz CT molecular complexity index is 3050. The molecule has 0 amide bonds. The Morgan fingerprint density at radius 1 is 0.370 bits per heavy atom. The summed E-state index contributed by atoms with van der Waals surface area (Å²) in [7, 11) is 0. The Morgan fingerprint density at radius 2 is 0.926 bits per heavy atom. The fraction of sp³-hybridized carbons (Fsp3) is 0.0769. The van der Waals surface area contributed by atoms with Gasteiger partial charge in [0.2, 0.25) is 0 Å². The van der Waals surface area contributed by atoms with Crippen LogP contribution >= 0.6 is 0 Å². The van der Waals surface area contributed by atoms with Gasteiger partial charge in [-0.3, -0.25) is 0 Å². The molecule has 2 heteroatoms. The van der Waals surface area contributed by atoms with Gasteiger partial charge in [0, 0.05) is 32.9 Å². The van der Waals surface area contributed by atoms with Gasteiger partial charge in [0.25, 0.3) is 0 Å². The number of aryl methyl sites for hydroxylation is 4. The molecular formula is C52H38N2. The van der Waals surface area contributed by atoms with Crippen molar-refractivity contribution < 1.29 is 0 Å². The van der Waals surface area contributed by atoms with Gasteiger partial charge in [-0.1, -0.05) is 120 Å². The summed E-state index contributed by atoms with van der Waals surface area (Å²) >= 11 is 0. The first-order valence-corrected chi connectivity index (χ1v) is 19.1. The number of aromatic nitrogens is 2. The fourth-order valence-electron chi connectivity index (χ4n) is 9.22. The van der Waals surface area contributed by atoms with Crippen LogP contribution in [-0.2, 0) is 12.8 Å². The van der Waals surface area contributed by atoms with Crippen molar-refractivity contribution >= 4 is 43.6 Å². The van der Waals surface area contributed by atoms with E-state index in [0.717, 1.165) is 12.8 Å². The number of nitrogens with zero attached hydrogens (tertiary/aromatic N) is 2. The first kappa shape index (κ1) is 30.9. The van der Waals surface area contributed by atoms with Crippen LogP contribution in [0.5, 0.6) is 0 Å². The summed E-state index contributed by atoms with van der Waals surface area (Å²) in [5, 5.41) is 5.22. The third kappa shape index (κ3) is 4.73. The molecule has 256 valence electrons. The van der Waals surface area contributed by atoms with Crippen LogP contribution in [0.25, 0.3) is 88.4 Å². The lowest BCUT2D eigenvalue weighted by atomic mass is 9.83. The highest BCUT2D eigenvalue weighted by Crippen LogP contribution is 2.46. The largest absolute Gasteiger partial charge is 0.309 e. The van der Waals surface area contributed by atoms with Gasteiger partial charge in [0.15, 0.2) is 0 Å². The SMILES string of the molecule is Cc1cccc(-c2ccc3c(c2)c2cc4c(cc2n3-c2ccccc2)-c2ccc3c5cc(-c6cccc(C)c6)ccc5n(-c5ccccc5)c3c2CC4)c1. The van der Waals surface area contributed by atoms with E-state index in [-0.39, 0.29) is 0 Å². The van der Waals surface area contributed by atoms with Gasteiger partial charge in [0.05, 0.1) is 22.1 Å². The van der Waals surface area contributed by atoms with E-state index in [0.29, 0.717) is 0 Å². The smallest absolute Gasteiger partial charge is 0.0579 e. The predicted molar refractivity (Wildman–Crippen MR) is 228 cm³/mol. The van der Waals surface area contributed by atoms with Crippen molar-refractivity contribution in [2.45, 2.75) is 26.7 Å². The standard InChI is InChI=1S/C52H38N2/c1-33-11-9-13-35(27-33)37-21-26-50-46(29-37)44-24-23-42-43(52(44)54(50)41-17-7-4-8-18-41)22-19-39-31-48-47-30-38(36-14-10-12-34(2)28-36)20-25-49(47)53(51(48)32-45(39)42)40-15-5-3-6-16-40/h3-18,20-21,23-32H,19,22H2,1-2H3. The lowest BCUT2D eigenvalue weighted by Crippen LogP contribution is -2.07. The molecular weight excluding hydrogens is 653 g/mol.